The molecule has 0 radical (unpaired) electrons. The summed E-state index contributed by atoms with van der Waals surface area (Å²) in [5, 5.41) is 0. The van der Waals surface area contributed by atoms with E-state index in [9.17, 15) is 0 Å². The molecule has 1 heterocycles. The van der Waals surface area contributed by atoms with E-state index in [-0.39, 0.29) is 0 Å². The van der Waals surface area contributed by atoms with Crippen molar-refractivity contribution in [2.45, 2.75) is 6.42 Å². The summed E-state index contributed by atoms with van der Waals surface area (Å²) in [4.78, 5) is 4.25. The van der Waals surface area contributed by atoms with Gasteiger partial charge in [0.1, 0.15) is 4.60 Å². The van der Waals surface area contributed by atoms with Crippen LogP contribution in [0.2, 0.25) is 0 Å². The molecule has 11 heavy (non-hydrogen) atoms. The zero-order valence-corrected chi connectivity index (χ0v) is 7.97. The zero-order chi connectivity index (χ0) is 8.10. The Morgan fingerprint density at radius 1 is 1.55 bits per heavy atom. The molecule has 1 rings (SSSR count). The fourth-order valence-electron chi connectivity index (χ4n) is 0.796. The first-order chi connectivity index (χ1) is 5.33. The minimum absolute atomic E-state index is 0.726. The normalized spacial score (nSPS) is 10.0. The monoisotopic (exact) mass is 215 g/mol. The van der Waals surface area contributed by atoms with E-state index >= 15 is 0 Å². The molecule has 60 valence electrons. The molecule has 1 aromatic rings. The Bertz CT molecular complexity index is 227. The highest BCUT2D eigenvalue weighted by Gasteiger charge is 1.93. The smallest absolute Gasteiger partial charge is 0.106 e. The average Bonchev–Trinajstić information content (AvgIpc) is 2.01. The lowest BCUT2D eigenvalue weighted by molar-refractivity contribution is 0.201. The van der Waals surface area contributed by atoms with E-state index in [0.29, 0.717) is 0 Å². The number of nitrogens with zero attached hydrogens (tertiary/aromatic N) is 1. The van der Waals surface area contributed by atoms with E-state index in [1.54, 1.807) is 7.11 Å². The number of hydrogen-bond donors (Lipinski definition) is 0. The Balaban J connectivity index is 2.56. The molecule has 0 unspecified atom stereocenters. The molecule has 0 aromatic carbocycles. The number of ether oxygens (including phenoxy) is 1. The number of rotatable bonds is 3. The molecule has 0 saturated carbocycles. The molecule has 0 fully saturated rings. The molecule has 0 aliphatic rings. The second-order valence-corrected chi connectivity index (χ2v) is 3.01. The van der Waals surface area contributed by atoms with Gasteiger partial charge in [-0.15, -0.1) is 0 Å². The molecule has 0 aliphatic carbocycles. The van der Waals surface area contributed by atoms with E-state index in [0.717, 1.165) is 23.3 Å². The molecule has 0 bridgehead atoms. The summed E-state index contributed by atoms with van der Waals surface area (Å²) in [5.41, 5.74) is 1.06. The molecule has 0 saturated heterocycles. The van der Waals surface area contributed by atoms with Crippen molar-refractivity contribution in [3.63, 3.8) is 0 Å². The molecule has 2 nitrogen and oxygen atoms in total. The van der Waals surface area contributed by atoms with Gasteiger partial charge in [-0.1, -0.05) is 6.07 Å². The van der Waals surface area contributed by atoms with E-state index < -0.39 is 0 Å². The van der Waals surface area contributed by atoms with Gasteiger partial charge < -0.3 is 4.74 Å². The maximum Gasteiger partial charge on any atom is 0.106 e. The first kappa shape index (κ1) is 8.68. The molecule has 0 N–H and O–H groups in total. The quantitative estimate of drug-likeness (QED) is 0.721. The Morgan fingerprint density at radius 3 is 3.00 bits per heavy atom. The summed E-state index contributed by atoms with van der Waals surface area (Å²) in [7, 11) is 1.69. The maximum atomic E-state index is 4.93. The van der Waals surface area contributed by atoms with Crippen LogP contribution in [-0.2, 0) is 11.2 Å². The molecule has 1 aromatic heterocycles. The fraction of sp³-hybridized carbons (Fsp3) is 0.375. The van der Waals surface area contributed by atoms with E-state index in [2.05, 4.69) is 20.9 Å². The molecule has 0 spiro atoms. The molecule has 3 heteroatoms. The minimum atomic E-state index is 0.726. The summed E-state index contributed by atoms with van der Waals surface area (Å²) < 4.78 is 5.81. The Kier molecular flexibility index (Phi) is 3.52. The van der Waals surface area contributed by atoms with Gasteiger partial charge in [-0.2, -0.15) is 0 Å². The minimum Gasteiger partial charge on any atom is -0.384 e. The van der Waals surface area contributed by atoms with Crippen LogP contribution in [0.5, 0.6) is 0 Å². The fourth-order valence-corrected chi connectivity index (χ4v) is 1.18. The average molecular weight is 216 g/mol. The number of hydrogen-bond acceptors (Lipinski definition) is 2. The highest BCUT2D eigenvalue weighted by atomic mass is 79.9. The number of aromatic nitrogens is 1. The van der Waals surface area contributed by atoms with Crippen molar-refractivity contribution < 1.29 is 4.74 Å². The largest absolute Gasteiger partial charge is 0.384 e. The Hall–Kier alpha value is -0.410. The van der Waals surface area contributed by atoms with Crippen LogP contribution >= 0.6 is 15.9 Å². The summed E-state index contributed by atoms with van der Waals surface area (Å²) in [6.07, 6.45) is 0.871. The SMILES string of the molecule is COCCc1cccc(Br)n1. The van der Waals surface area contributed by atoms with Gasteiger partial charge in [-0.05, 0) is 28.1 Å². The van der Waals surface area contributed by atoms with Crippen LogP contribution in [0, 0.1) is 0 Å². The van der Waals surface area contributed by atoms with Crippen LogP contribution in [0.1, 0.15) is 5.69 Å². The van der Waals surface area contributed by atoms with E-state index in [1.807, 2.05) is 18.2 Å². The summed E-state index contributed by atoms with van der Waals surface area (Å²) in [5.74, 6) is 0. The van der Waals surface area contributed by atoms with Gasteiger partial charge in [-0.3, -0.25) is 0 Å². The third-order valence-electron chi connectivity index (χ3n) is 1.34. The van der Waals surface area contributed by atoms with Crippen molar-refractivity contribution in [3.8, 4) is 0 Å². The predicted octanol–water partition coefficient (Wildman–Crippen LogP) is 2.03. The third-order valence-corrected chi connectivity index (χ3v) is 1.78. The summed E-state index contributed by atoms with van der Waals surface area (Å²) in [6, 6.07) is 5.88. The van der Waals surface area contributed by atoms with E-state index in [4.69, 9.17) is 4.74 Å². The summed E-state index contributed by atoms with van der Waals surface area (Å²) >= 11 is 3.30. The van der Waals surface area contributed by atoms with E-state index in [1.165, 1.54) is 0 Å². The van der Waals surface area contributed by atoms with Gasteiger partial charge in [0, 0.05) is 19.2 Å². The van der Waals surface area contributed by atoms with Crippen molar-refractivity contribution in [3.05, 3.63) is 28.5 Å². The Morgan fingerprint density at radius 2 is 2.36 bits per heavy atom. The number of methoxy groups -OCH3 is 1. The molecule has 0 aliphatic heterocycles. The van der Waals surface area contributed by atoms with Gasteiger partial charge in [-0.25, -0.2) is 4.98 Å². The second kappa shape index (κ2) is 4.46. The van der Waals surface area contributed by atoms with Crippen molar-refractivity contribution >= 4 is 15.9 Å². The van der Waals surface area contributed by atoms with Crippen LogP contribution in [0.15, 0.2) is 22.8 Å². The number of halogens is 1. The van der Waals surface area contributed by atoms with Crippen LogP contribution in [0.3, 0.4) is 0 Å². The second-order valence-electron chi connectivity index (χ2n) is 2.19. The molecular formula is C8H10BrNO. The van der Waals surface area contributed by atoms with Crippen molar-refractivity contribution in [1.82, 2.24) is 4.98 Å². The first-order valence-corrected chi connectivity index (χ1v) is 4.22. The van der Waals surface area contributed by atoms with Crippen molar-refractivity contribution in [1.29, 1.82) is 0 Å². The Labute approximate surface area is 74.7 Å². The van der Waals surface area contributed by atoms with Crippen LogP contribution in [0.4, 0.5) is 0 Å². The van der Waals surface area contributed by atoms with Gasteiger partial charge in [0.2, 0.25) is 0 Å². The van der Waals surface area contributed by atoms with Crippen molar-refractivity contribution in [2.75, 3.05) is 13.7 Å². The summed E-state index contributed by atoms with van der Waals surface area (Å²) in [6.45, 7) is 0.726. The van der Waals surface area contributed by atoms with Gasteiger partial charge in [0.25, 0.3) is 0 Å². The van der Waals surface area contributed by atoms with Gasteiger partial charge in [0.15, 0.2) is 0 Å². The predicted molar refractivity (Wildman–Crippen MR) is 47.5 cm³/mol. The van der Waals surface area contributed by atoms with Crippen molar-refractivity contribution in [2.24, 2.45) is 0 Å². The molecule has 0 atom stereocenters. The van der Waals surface area contributed by atoms with Gasteiger partial charge >= 0.3 is 0 Å². The topological polar surface area (TPSA) is 22.1 Å². The zero-order valence-electron chi connectivity index (χ0n) is 6.38. The number of pyridine rings is 1. The van der Waals surface area contributed by atoms with Crippen LogP contribution < -0.4 is 0 Å². The third kappa shape index (κ3) is 2.99. The first-order valence-electron chi connectivity index (χ1n) is 3.43. The standard InChI is InChI=1S/C8H10BrNO/c1-11-6-5-7-3-2-4-8(9)10-7/h2-4H,5-6H2,1H3. The lowest BCUT2D eigenvalue weighted by atomic mass is 10.3. The maximum absolute atomic E-state index is 4.93. The molecular weight excluding hydrogens is 206 g/mol. The van der Waals surface area contributed by atoms with Gasteiger partial charge in [0.05, 0.1) is 6.61 Å². The lowest BCUT2D eigenvalue weighted by Gasteiger charge is -1.98. The van der Waals surface area contributed by atoms with Crippen LogP contribution in [-0.4, -0.2) is 18.7 Å². The highest BCUT2D eigenvalue weighted by molar-refractivity contribution is 9.10. The lowest BCUT2D eigenvalue weighted by Crippen LogP contribution is -1.96. The van der Waals surface area contributed by atoms with Crippen LogP contribution in [0.25, 0.3) is 0 Å². The molecule has 0 amide bonds. The highest BCUT2D eigenvalue weighted by Crippen LogP contribution is 2.06.